The molecule has 0 saturated carbocycles. The monoisotopic (exact) mass is 486 g/mol. The Morgan fingerprint density at radius 1 is 1.06 bits per heavy atom. The maximum absolute atomic E-state index is 12.9. The molecule has 0 aliphatic carbocycles. The minimum Gasteiger partial charge on any atom is -0.481 e. The largest absolute Gasteiger partial charge is 0.481 e. The molecule has 2 aromatic rings. The van der Waals surface area contributed by atoms with Crippen molar-refractivity contribution < 1.29 is 43.8 Å². The number of aromatic nitrogens is 1. The summed E-state index contributed by atoms with van der Waals surface area (Å²) >= 11 is 0. The zero-order valence-corrected chi connectivity index (χ0v) is 18.9. The van der Waals surface area contributed by atoms with Crippen molar-refractivity contribution in [3.05, 3.63) is 66.0 Å². The van der Waals surface area contributed by atoms with Crippen molar-refractivity contribution in [3.8, 4) is 0 Å². The van der Waals surface area contributed by atoms with Crippen molar-refractivity contribution in [1.82, 2.24) is 10.2 Å². The van der Waals surface area contributed by atoms with Crippen LogP contribution in [0.2, 0.25) is 0 Å². The number of pyridine rings is 1. The van der Waals surface area contributed by atoms with Gasteiger partial charge in [0.1, 0.15) is 11.5 Å². The number of carbonyl (C=O) groups is 4. The van der Waals surface area contributed by atoms with Gasteiger partial charge in [0.05, 0.1) is 12.6 Å². The van der Waals surface area contributed by atoms with E-state index in [9.17, 15) is 24.3 Å². The first-order chi connectivity index (χ1) is 16.8. The van der Waals surface area contributed by atoms with Crippen molar-refractivity contribution in [2.75, 3.05) is 13.2 Å². The standard InChI is InChI=1S/C24H27N3O8/c28-14-18(22(30)31)25-21(29)17-9-6-11-26(13-17)15-35-24(34)27-12-5-4-10-19(27)20(23(32)33)16-7-2-1-3-8-16/h1-3,6-9,11,13,18-20,28H,4-5,10,12,14-15H2,(H2-,25,29,30,31,32,33)/p+1/t18?,19-,20?/m1/s1. The summed E-state index contributed by atoms with van der Waals surface area (Å²) in [5.74, 6) is -3.99. The minimum absolute atomic E-state index is 0.106. The molecule has 2 heterocycles. The van der Waals surface area contributed by atoms with E-state index in [0.717, 1.165) is 12.8 Å². The number of aliphatic hydroxyl groups excluding tert-OH is 1. The van der Waals surface area contributed by atoms with Crippen molar-refractivity contribution >= 4 is 23.9 Å². The third-order valence-corrected chi connectivity index (χ3v) is 5.84. The number of likely N-dealkylation sites (tertiary alicyclic amines) is 1. The lowest BCUT2D eigenvalue weighted by atomic mass is 9.85. The fraction of sp³-hybridized carbons (Fsp3) is 0.375. The molecule has 11 nitrogen and oxygen atoms in total. The number of benzene rings is 1. The zero-order valence-electron chi connectivity index (χ0n) is 18.9. The van der Waals surface area contributed by atoms with E-state index in [2.05, 4.69) is 5.32 Å². The van der Waals surface area contributed by atoms with Crippen molar-refractivity contribution in [2.45, 2.75) is 44.0 Å². The molecule has 4 N–H and O–H groups in total. The Hall–Kier alpha value is -3.99. The molecule has 35 heavy (non-hydrogen) atoms. The Labute approximate surface area is 201 Å². The summed E-state index contributed by atoms with van der Waals surface area (Å²) < 4.78 is 6.85. The van der Waals surface area contributed by atoms with Gasteiger partial charge < -0.3 is 30.3 Å². The van der Waals surface area contributed by atoms with Crippen LogP contribution in [0.15, 0.2) is 54.9 Å². The molecule has 1 aliphatic rings. The number of piperidine rings is 1. The Bertz CT molecular complexity index is 1060. The first-order valence-corrected chi connectivity index (χ1v) is 11.2. The SMILES string of the molecule is O=C(NC(CO)C(=O)O)c1ccc[n+](COC(=O)N2CCCC[C@@H]2C(C(=O)O)c2ccccc2)c1. The summed E-state index contributed by atoms with van der Waals surface area (Å²) in [6.07, 6.45) is 4.32. The molecule has 1 aromatic carbocycles. The van der Waals surface area contributed by atoms with Crippen molar-refractivity contribution in [2.24, 2.45) is 0 Å². The molecule has 1 aromatic heterocycles. The van der Waals surface area contributed by atoms with E-state index in [0.29, 0.717) is 18.5 Å². The van der Waals surface area contributed by atoms with Gasteiger partial charge in [0.25, 0.3) is 12.6 Å². The number of rotatable bonds is 9. The second kappa shape index (κ2) is 11.9. The molecule has 1 fully saturated rings. The molecule has 3 rings (SSSR count). The van der Waals surface area contributed by atoms with Crippen LogP contribution in [0.3, 0.4) is 0 Å². The summed E-state index contributed by atoms with van der Waals surface area (Å²) in [4.78, 5) is 49.8. The highest BCUT2D eigenvalue weighted by Gasteiger charge is 2.38. The summed E-state index contributed by atoms with van der Waals surface area (Å²) in [6, 6.07) is 9.74. The molecule has 0 spiro atoms. The van der Waals surface area contributed by atoms with Crippen LogP contribution in [0.4, 0.5) is 4.79 Å². The second-order valence-electron chi connectivity index (χ2n) is 8.18. The van der Waals surface area contributed by atoms with Gasteiger partial charge in [-0.15, -0.1) is 0 Å². The molecule has 186 valence electrons. The lowest BCUT2D eigenvalue weighted by Crippen LogP contribution is -2.50. The minimum atomic E-state index is -1.45. The number of ether oxygens (including phenoxy) is 1. The van der Waals surface area contributed by atoms with Crippen molar-refractivity contribution in [1.29, 1.82) is 0 Å². The number of carboxylic acid groups (broad SMARTS) is 2. The maximum Gasteiger partial charge on any atom is 0.414 e. The van der Waals surface area contributed by atoms with Gasteiger partial charge in [0.15, 0.2) is 18.4 Å². The van der Waals surface area contributed by atoms with Crippen LogP contribution < -0.4 is 9.88 Å². The zero-order chi connectivity index (χ0) is 25.4. The molecule has 11 heteroatoms. The molecule has 3 atom stereocenters. The van der Waals surface area contributed by atoms with Gasteiger partial charge in [-0.05, 0) is 30.9 Å². The van der Waals surface area contributed by atoms with E-state index in [1.54, 1.807) is 36.5 Å². The van der Waals surface area contributed by atoms with E-state index in [1.807, 2.05) is 0 Å². The average molecular weight is 487 g/mol. The Kier molecular flexibility index (Phi) is 8.74. The molecule has 0 bridgehead atoms. The number of nitrogens with one attached hydrogen (secondary N) is 1. The fourth-order valence-corrected chi connectivity index (χ4v) is 4.10. The number of nitrogens with zero attached hydrogens (tertiary/aromatic N) is 2. The molecule has 1 aliphatic heterocycles. The third-order valence-electron chi connectivity index (χ3n) is 5.84. The number of aliphatic carboxylic acids is 2. The van der Waals surface area contributed by atoms with E-state index in [-0.39, 0.29) is 12.3 Å². The smallest absolute Gasteiger partial charge is 0.414 e. The summed E-state index contributed by atoms with van der Waals surface area (Å²) in [7, 11) is 0. The van der Waals surface area contributed by atoms with E-state index >= 15 is 0 Å². The first-order valence-electron chi connectivity index (χ1n) is 11.2. The predicted molar refractivity (Wildman–Crippen MR) is 120 cm³/mol. The fourth-order valence-electron chi connectivity index (χ4n) is 4.10. The third kappa shape index (κ3) is 6.54. The lowest BCUT2D eigenvalue weighted by Gasteiger charge is -2.38. The highest BCUT2D eigenvalue weighted by molar-refractivity contribution is 5.96. The molecule has 2 unspecified atom stereocenters. The summed E-state index contributed by atoms with van der Waals surface area (Å²) in [6.45, 7) is -0.636. The van der Waals surface area contributed by atoms with Crippen LogP contribution in [0.5, 0.6) is 0 Å². The molecule has 0 radical (unpaired) electrons. The van der Waals surface area contributed by atoms with Gasteiger partial charge in [-0.2, -0.15) is 4.57 Å². The van der Waals surface area contributed by atoms with Crippen LogP contribution in [0, 0.1) is 0 Å². The Balaban J connectivity index is 1.69. The number of hydrogen-bond donors (Lipinski definition) is 4. The molecule has 1 saturated heterocycles. The van der Waals surface area contributed by atoms with Crippen LogP contribution in [-0.2, 0) is 21.1 Å². The highest BCUT2D eigenvalue weighted by Crippen LogP contribution is 2.31. The van der Waals surface area contributed by atoms with E-state index in [4.69, 9.17) is 14.9 Å². The molecular formula is C24H28N3O8+. The second-order valence-corrected chi connectivity index (χ2v) is 8.18. The quantitative estimate of drug-likeness (QED) is 0.382. The van der Waals surface area contributed by atoms with Gasteiger partial charge in [0.2, 0.25) is 0 Å². The van der Waals surface area contributed by atoms with Crippen LogP contribution in [0.25, 0.3) is 0 Å². The van der Waals surface area contributed by atoms with Gasteiger partial charge in [-0.3, -0.25) is 9.59 Å². The van der Waals surface area contributed by atoms with Crippen LogP contribution >= 0.6 is 0 Å². The Morgan fingerprint density at radius 3 is 2.46 bits per heavy atom. The van der Waals surface area contributed by atoms with Gasteiger partial charge in [-0.25, -0.2) is 9.59 Å². The summed E-state index contributed by atoms with van der Waals surface area (Å²) in [5, 5.41) is 30.2. The average Bonchev–Trinajstić information content (AvgIpc) is 2.86. The Morgan fingerprint density at radius 2 is 1.80 bits per heavy atom. The van der Waals surface area contributed by atoms with Gasteiger partial charge >= 0.3 is 18.0 Å². The predicted octanol–water partition coefficient (Wildman–Crippen LogP) is 0.966. The summed E-state index contributed by atoms with van der Waals surface area (Å²) in [5.41, 5.74) is 0.717. The van der Waals surface area contributed by atoms with Gasteiger partial charge in [0, 0.05) is 12.6 Å². The van der Waals surface area contributed by atoms with Crippen LogP contribution in [0.1, 0.15) is 41.1 Å². The highest BCUT2D eigenvalue weighted by atomic mass is 16.6. The van der Waals surface area contributed by atoms with E-state index < -0.39 is 48.5 Å². The topological polar surface area (TPSA) is 157 Å². The maximum atomic E-state index is 12.9. The molecule has 2 amide bonds. The van der Waals surface area contributed by atoms with Gasteiger partial charge in [-0.1, -0.05) is 30.3 Å². The normalized spacial score (nSPS) is 17.2. The number of aliphatic hydroxyl groups is 1. The number of carboxylic acids is 2. The lowest BCUT2D eigenvalue weighted by molar-refractivity contribution is -0.727. The number of hydrogen-bond acceptors (Lipinski definition) is 6. The van der Waals surface area contributed by atoms with Crippen LogP contribution in [-0.4, -0.2) is 69.4 Å². The van der Waals surface area contributed by atoms with Crippen molar-refractivity contribution in [3.63, 3.8) is 0 Å². The first kappa shape index (κ1) is 25.6. The van der Waals surface area contributed by atoms with E-state index in [1.165, 1.54) is 27.8 Å². The number of carbonyl (C=O) groups excluding carboxylic acids is 2. The number of amides is 2. The molecular weight excluding hydrogens is 458 g/mol.